The quantitative estimate of drug-likeness (QED) is 0.465. The molecule has 3 aromatic carbocycles. The van der Waals surface area contributed by atoms with Gasteiger partial charge in [0.05, 0.1) is 12.8 Å². The highest BCUT2D eigenvalue weighted by atomic mass is 16.5. The number of hydrogen-bond donors (Lipinski definition) is 2. The van der Waals surface area contributed by atoms with Gasteiger partial charge in [-0.2, -0.15) is 0 Å². The molecule has 7 heteroatoms. The van der Waals surface area contributed by atoms with Crippen molar-refractivity contribution in [2.75, 3.05) is 19.0 Å². The number of amides is 4. The van der Waals surface area contributed by atoms with Gasteiger partial charge < -0.3 is 15.4 Å². The molecule has 0 unspecified atom stereocenters. The SMILES string of the molecule is COc1ccc(C(C)(C)C)cc1NC(=O)CN1C(=O)N[C@@](c2ccccc2)(c2ccc(C)c(C)c2)C1=O. The van der Waals surface area contributed by atoms with Crippen LogP contribution in [-0.2, 0) is 20.5 Å². The van der Waals surface area contributed by atoms with E-state index in [0.29, 0.717) is 22.6 Å². The Labute approximate surface area is 217 Å². The van der Waals surface area contributed by atoms with E-state index in [4.69, 9.17) is 4.74 Å². The molecule has 192 valence electrons. The molecule has 0 bridgehead atoms. The Morgan fingerprint density at radius 2 is 1.65 bits per heavy atom. The lowest BCUT2D eigenvalue weighted by atomic mass is 9.81. The Morgan fingerprint density at radius 3 is 2.27 bits per heavy atom. The second-order valence-corrected chi connectivity index (χ2v) is 10.4. The van der Waals surface area contributed by atoms with E-state index in [1.54, 1.807) is 18.2 Å². The first-order valence-corrected chi connectivity index (χ1v) is 12.2. The van der Waals surface area contributed by atoms with Gasteiger partial charge in [0.2, 0.25) is 5.91 Å². The lowest BCUT2D eigenvalue weighted by molar-refractivity contribution is -0.133. The monoisotopic (exact) mass is 499 g/mol. The van der Waals surface area contributed by atoms with Crippen LogP contribution in [0.15, 0.2) is 66.7 Å². The molecule has 1 aliphatic heterocycles. The molecule has 1 aliphatic rings. The average molecular weight is 500 g/mol. The number of imide groups is 1. The Kier molecular flexibility index (Phi) is 6.82. The molecular weight excluding hydrogens is 466 g/mol. The van der Waals surface area contributed by atoms with E-state index in [9.17, 15) is 14.4 Å². The number of urea groups is 1. The molecule has 0 aliphatic carbocycles. The van der Waals surface area contributed by atoms with Gasteiger partial charge in [-0.3, -0.25) is 14.5 Å². The van der Waals surface area contributed by atoms with E-state index in [0.717, 1.165) is 21.6 Å². The second-order valence-electron chi connectivity index (χ2n) is 10.4. The first-order valence-electron chi connectivity index (χ1n) is 12.2. The van der Waals surface area contributed by atoms with Crippen LogP contribution >= 0.6 is 0 Å². The molecule has 4 amide bonds. The third-order valence-electron chi connectivity index (χ3n) is 6.89. The van der Waals surface area contributed by atoms with E-state index in [2.05, 4.69) is 31.4 Å². The molecule has 37 heavy (non-hydrogen) atoms. The predicted molar refractivity (Wildman–Crippen MR) is 144 cm³/mol. The van der Waals surface area contributed by atoms with Crippen molar-refractivity contribution < 1.29 is 19.1 Å². The molecule has 0 radical (unpaired) electrons. The van der Waals surface area contributed by atoms with Crippen molar-refractivity contribution in [3.63, 3.8) is 0 Å². The molecule has 3 aromatic rings. The summed E-state index contributed by atoms with van der Waals surface area (Å²) in [6, 6.07) is 19.8. The standard InChI is InChI=1S/C30H33N3O4/c1-19-12-13-23(16-20(19)2)30(21-10-8-7-9-11-21)27(35)33(28(36)32-30)18-26(34)31-24-17-22(29(3,4)5)14-15-25(24)37-6/h7-17H,18H2,1-6H3,(H,31,34)(H,32,36)/t30-/m0/s1. The van der Waals surface area contributed by atoms with Gasteiger partial charge in [-0.05, 0) is 59.2 Å². The van der Waals surface area contributed by atoms with Gasteiger partial charge >= 0.3 is 6.03 Å². The van der Waals surface area contributed by atoms with Gasteiger partial charge in [0.15, 0.2) is 5.54 Å². The van der Waals surface area contributed by atoms with E-state index >= 15 is 0 Å². The van der Waals surface area contributed by atoms with E-state index < -0.39 is 29.9 Å². The van der Waals surface area contributed by atoms with E-state index in [-0.39, 0.29) is 5.41 Å². The third kappa shape index (κ3) is 4.81. The van der Waals surface area contributed by atoms with Crippen LogP contribution in [0.1, 0.15) is 48.6 Å². The first kappa shape index (κ1) is 25.9. The number of carbonyl (C=O) groups is 3. The van der Waals surface area contributed by atoms with Crippen LogP contribution in [-0.4, -0.2) is 36.4 Å². The number of rotatable bonds is 6. The molecule has 1 saturated heterocycles. The minimum atomic E-state index is -1.43. The number of anilines is 1. The number of ether oxygens (including phenoxy) is 1. The van der Waals surface area contributed by atoms with Crippen molar-refractivity contribution in [3.8, 4) is 5.75 Å². The lowest BCUT2D eigenvalue weighted by Gasteiger charge is -2.28. The van der Waals surface area contributed by atoms with Crippen molar-refractivity contribution in [1.82, 2.24) is 10.2 Å². The Hall–Kier alpha value is -4.13. The van der Waals surface area contributed by atoms with Crippen molar-refractivity contribution in [2.45, 2.75) is 45.6 Å². The summed E-state index contributed by atoms with van der Waals surface area (Å²) in [5.74, 6) is -0.512. The molecule has 1 heterocycles. The summed E-state index contributed by atoms with van der Waals surface area (Å²) >= 11 is 0. The van der Waals surface area contributed by atoms with Crippen molar-refractivity contribution >= 4 is 23.5 Å². The average Bonchev–Trinajstić information content (AvgIpc) is 3.11. The molecule has 1 atom stereocenters. The van der Waals surface area contributed by atoms with Crippen molar-refractivity contribution in [1.29, 1.82) is 0 Å². The zero-order valence-electron chi connectivity index (χ0n) is 22.1. The maximum absolute atomic E-state index is 14.0. The summed E-state index contributed by atoms with van der Waals surface area (Å²) < 4.78 is 5.42. The summed E-state index contributed by atoms with van der Waals surface area (Å²) in [6.07, 6.45) is 0. The fourth-order valence-electron chi connectivity index (χ4n) is 4.55. The summed E-state index contributed by atoms with van der Waals surface area (Å²) in [6.45, 7) is 9.73. The van der Waals surface area contributed by atoms with Crippen LogP contribution in [0.25, 0.3) is 0 Å². The highest BCUT2D eigenvalue weighted by molar-refractivity contribution is 6.12. The molecule has 2 N–H and O–H groups in total. The number of methoxy groups -OCH3 is 1. The normalized spacial score (nSPS) is 17.5. The minimum Gasteiger partial charge on any atom is -0.495 e. The number of carbonyl (C=O) groups excluding carboxylic acids is 3. The molecule has 1 fully saturated rings. The van der Waals surface area contributed by atoms with Gasteiger partial charge in [-0.1, -0.05) is 75.4 Å². The number of nitrogens with zero attached hydrogens (tertiary/aromatic N) is 1. The topological polar surface area (TPSA) is 87.7 Å². The second kappa shape index (κ2) is 9.73. The van der Waals surface area contributed by atoms with Gasteiger partial charge in [-0.15, -0.1) is 0 Å². The fourth-order valence-corrected chi connectivity index (χ4v) is 4.55. The fraction of sp³-hybridized carbons (Fsp3) is 0.300. The summed E-state index contributed by atoms with van der Waals surface area (Å²) in [7, 11) is 1.52. The van der Waals surface area contributed by atoms with Crippen LogP contribution in [0, 0.1) is 13.8 Å². The molecular formula is C30H33N3O4. The van der Waals surface area contributed by atoms with E-state index in [1.807, 2.05) is 62.4 Å². The summed E-state index contributed by atoms with van der Waals surface area (Å²) in [4.78, 5) is 41.3. The van der Waals surface area contributed by atoms with Crippen molar-refractivity contribution in [2.24, 2.45) is 0 Å². The maximum atomic E-state index is 14.0. The zero-order chi connectivity index (χ0) is 27.0. The Morgan fingerprint density at radius 1 is 0.946 bits per heavy atom. The third-order valence-corrected chi connectivity index (χ3v) is 6.89. The van der Waals surface area contributed by atoms with Gasteiger partial charge in [0.25, 0.3) is 5.91 Å². The van der Waals surface area contributed by atoms with Gasteiger partial charge in [0.1, 0.15) is 12.3 Å². The van der Waals surface area contributed by atoms with Gasteiger partial charge in [-0.25, -0.2) is 4.79 Å². The van der Waals surface area contributed by atoms with E-state index in [1.165, 1.54) is 7.11 Å². The summed E-state index contributed by atoms with van der Waals surface area (Å²) in [5.41, 5.74) is 3.26. The Balaban J connectivity index is 1.67. The zero-order valence-corrected chi connectivity index (χ0v) is 22.1. The highest BCUT2D eigenvalue weighted by Gasteiger charge is 2.54. The van der Waals surface area contributed by atoms with Crippen LogP contribution < -0.4 is 15.4 Å². The minimum absolute atomic E-state index is 0.141. The van der Waals surface area contributed by atoms with Crippen LogP contribution in [0.3, 0.4) is 0 Å². The van der Waals surface area contributed by atoms with Gasteiger partial charge in [0, 0.05) is 0 Å². The van der Waals surface area contributed by atoms with Crippen LogP contribution in [0.2, 0.25) is 0 Å². The number of nitrogens with one attached hydrogen (secondary N) is 2. The highest BCUT2D eigenvalue weighted by Crippen LogP contribution is 2.37. The molecule has 7 nitrogen and oxygen atoms in total. The summed E-state index contributed by atoms with van der Waals surface area (Å²) in [5, 5.41) is 5.73. The smallest absolute Gasteiger partial charge is 0.326 e. The maximum Gasteiger partial charge on any atom is 0.326 e. The van der Waals surface area contributed by atoms with Crippen LogP contribution in [0.4, 0.5) is 10.5 Å². The molecule has 0 spiro atoms. The van der Waals surface area contributed by atoms with Crippen LogP contribution in [0.5, 0.6) is 5.75 Å². The largest absolute Gasteiger partial charge is 0.495 e. The van der Waals surface area contributed by atoms with Crippen molar-refractivity contribution in [3.05, 3.63) is 94.5 Å². The molecule has 0 saturated carbocycles. The Bertz CT molecular complexity index is 1360. The number of hydrogen-bond acceptors (Lipinski definition) is 4. The predicted octanol–water partition coefficient (Wildman–Crippen LogP) is 5.04. The first-order chi connectivity index (χ1) is 17.5. The number of benzene rings is 3. The molecule has 0 aromatic heterocycles. The lowest BCUT2D eigenvalue weighted by Crippen LogP contribution is -2.45. The number of aryl methyl sites for hydroxylation is 2. The molecule has 4 rings (SSSR count).